The number of carbonyl (C=O) groups excluding carboxylic acids is 2. The van der Waals surface area contributed by atoms with Gasteiger partial charge in [0.05, 0.1) is 24.5 Å². The van der Waals surface area contributed by atoms with E-state index in [1.807, 2.05) is 61.7 Å². The fourth-order valence-electron chi connectivity index (χ4n) is 4.70. The first kappa shape index (κ1) is 18.5. The number of hydrogen-bond donors (Lipinski definition) is 3. The largest absolute Gasteiger partial charge is 0.468 e. The van der Waals surface area contributed by atoms with Gasteiger partial charge in [0, 0.05) is 33.9 Å². The van der Waals surface area contributed by atoms with E-state index in [0.717, 1.165) is 33.5 Å². The minimum atomic E-state index is -0.800. The number of allylic oxidation sites excluding steroid dienone is 1. The van der Waals surface area contributed by atoms with Crippen LogP contribution in [0.2, 0.25) is 0 Å². The second kappa shape index (κ2) is 7.06. The van der Waals surface area contributed by atoms with Gasteiger partial charge in [-0.2, -0.15) is 0 Å². The summed E-state index contributed by atoms with van der Waals surface area (Å²) in [5.74, 6) is -1.60. The highest BCUT2D eigenvalue weighted by Gasteiger charge is 2.44. The topological polar surface area (TPSA) is 83.2 Å². The highest BCUT2D eigenvalue weighted by atomic mass is 16.5. The van der Waals surface area contributed by atoms with E-state index >= 15 is 0 Å². The molecule has 0 fully saturated rings. The fraction of sp³-hybridized carbons (Fsp3) is 0.250. The van der Waals surface area contributed by atoms with Crippen molar-refractivity contribution in [1.29, 1.82) is 0 Å². The Kier molecular flexibility index (Phi) is 4.35. The maximum atomic E-state index is 13.7. The van der Waals surface area contributed by atoms with E-state index in [4.69, 9.17) is 4.74 Å². The molecule has 3 N–H and O–H groups in total. The molecule has 0 saturated carbocycles. The lowest BCUT2D eigenvalue weighted by Crippen LogP contribution is -2.39. The molecule has 5 rings (SSSR count). The van der Waals surface area contributed by atoms with E-state index in [-0.39, 0.29) is 17.7 Å². The molecule has 6 nitrogen and oxygen atoms in total. The Labute approximate surface area is 174 Å². The van der Waals surface area contributed by atoms with Crippen LogP contribution in [0.3, 0.4) is 0 Å². The molecular weight excluding hydrogens is 378 g/mol. The van der Waals surface area contributed by atoms with Gasteiger partial charge >= 0.3 is 5.97 Å². The summed E-state index contributed by atoms with van der Waals surface area (Å²) in [6.45, 7) is 1.93. The Hall–Kier alpha value is -3.54. The van der Waals surface area contributed by atoms with Gasteiger partial charge in [0.15, 0.2) is 5.78 Å². The SMILES string of the molecule is COC(=O)[C@H]1C(=O)C2=C(C[C@@H]1C)Nc1ccccc1N[C@H]2c1c[nH]c2ccccc12. The Balaban J connectivity index is 1.71. The van der Waals surface area contributed by atoms with Crippen molar-refractivity contribution < 1.29 is 14.3 Å². The zero-order valence-electron chi connectivity index (χ0n) is 16.9. The Morgan fingerprint density at radius 1 is 1.07 bits per heavy atom. The maximum Gasteiger partial charge on any atom is 0.316 e. The summed E-state index contributed by atoms with van der Waals surface area (Å²) in [6, 6.07) is 15.5. The summed E-state index contributed by atoms with van der Waals surface area (Å²) in [6.07, 6.45) is 2.54. The third-order valence-electron chi connectivity index (χ3n) is 6.16. The van der Waals surface area contributed by atoms with Crippen molar-refractivity contribution in [1.82, 2.24) is 4.98 Å². The van der Waals surface area contributed by atoms with E-state index in [1.165, 1.54) is 7.11 Å². The first-order valence-electron chi connectivity index (χ1n) is 10.1. The lowest BCUT2D eigenvalue weighted by Gasteiger charge is -2.32. The van der Waals surface area contributed by atoms with Crippen LogP contribution in [0, 0.1) is 11.8 Å². The molecule has 1 aliphatic heterocycles. The van der Waals surface area contributed by atoms with Gasteiger partial charge in [-0.1, -0.05) is 37.3 Å². The molecule has 0 saturated heterocycles. The molecule has 3 atom stereocenters. The van der Waals surface area contributed by atoms with Crippen molar-refractivity contribution in [2.45, 2.75) is 19.4 Å². The number of hydrogen-bond acceptors (Lipinski definition) is 5. The molecule has 0 bridgehead atoms. The van der Waals surface area contributed by atoms with E-state index in [0.29, 0.717) is 12.0 Å². The van der Waals surface area contributed by atoms with E-state index < -0.39 is 11.9 Å². The second-order valence-corrected chi connectivity index (χ2v) is 7.98. The summed E-state index contributed by atoms with van der Waals surface area (Å²) < 4.78 is 4.97. The molecule has 3 aromatic rings. The van der Waals surface area contributed by atoms with Crippen molar-refractivity contribution in [2.24, 2.45) is 11.8 Å². The van der Waals surface area contributed by atoms with Crippen LogP contribution in [0.5, 0.6) is 0 Å². The number of Topliss-reactive ketones (excluding diaryl/α,β-unsaturated/α-hetero) is 1. The van der Waals surface area contributed by atoms with Crippen LogP contribution in [-0.2, 0) is 14.3 Å². The third kappa shape index (κ3) is 2.79. The number of aromatic nitrogens is 1. The smallest absolute Gasteiger partial charge is 0.316 e. The fourth-order valence-corrected chi connectivity index (χ4v) is 4.70. The first-order valence-corrected chi connectivity index (χ1v) is 10.1. The van der Waals surface area contributed by atoms with Gasteiger partial charge in [-0.15, -0.1) is 0 Å². The molecule has 152 valence electrons. The van der Waals surface area contributed by atoms with Gasteiger partial charge in [0.2, 0.25) is 0 Å². The molecule has 6 heteroatoms. The van der Waals surface area contributed by atoms with E-state index in [9.17, 15) is 9.59 Å². The van der Waals surface area contributed by atoms with Gasteiger partial charge in [0.25, 0.3) is 0 Å². The molecule has 1 aliphatic carbocycles. The minimum Gasteiger partial charge on any atom is -0.468 e. The van der Waals surface area contributed by atoms with Crippen molar-refractivity contribution in [2.75, 3.05) is 17.7 Å². The maximum absolute atomic E-state index is 13.7. The number of nitrogens with one attached hydrogen (secondary N) is 3. The molecule has 30 heavy (non-hydrogen) atoms. The molecule has 0 unspecified atom stereocenters. The number of methoxy groups -OCH3 is 1. The minimum absolute atomic E-state index is 0.148. The number of benzene rings is 2. The summed E-state index contributed by atoms with van der Waals surface area (Å²) >= 11 is 0. The normalized spacial score (nSPS) is 23.1. The molecule has 0 radical (unpaired) electrons. The van der Waals surface area contributed by atoms with Crippen LogP contribution < -0.4 is 10.6 Å². The average molecular weight is 401 g/mol. The van der Waals surface area contributed by atoms with Gasteiger partial charge in [0.1, 0.15) is 5.92 Å². The van der Waals surface area contributed by atoms with Gasteiger partial charge in [-0.25, -0.2) is 0 Å². The summed E-state index contributed by atoms with van der Waals surface area (Å²) in [4.78, 5) is 29.4. The Morgan fingerprint density at radius 3 is 2.60 bits per heavy atom. The average Bonchev–Trinajstić information content (AvgIpc) is 3.10. The number of carbonyl (C=O) groups is 2. The summed E-state index contributed by atoms with van der Waals surface area (Å²) in [5.41, 5.74) is 5.28. The van der Waals surface area contributed by atoms with Crippen LogP contribution in [0.15, 0.2) is 66.0 Å². The van der Waals surface area contributed by atoms with Crippen LogP contribution in [-0.4, -0.2) is 23.8 Å². The number of fused-ring (bicyclic) bond motifs is 2. The number of anilines is 2. The number of para-hydroxylation sites is 3. The highest BCUT2D eigenvalue weighted by Crippen LogP contribution is 2.44. The first-order chi connectivity index (χ1) is 14.6. The standard InChI is InChI=1S/C24H23N3O3/c1-13-11-19-21(23(28)20(13)24(29)30-2)22(27-18-10-6-5-9-17(18)26-19)15-12-25-16-8-4-3-7-14(15)16/h3-10,12-13,20,22,25-27H,11H2,1-2H3/t13-,20+,22-/m0/s1. The molecular formula is C24H23N3O3. The number of ketones is 1. The number of aromatic amines is 1. The third-order valence-corrected chi connectivity index (χ3v) is 6.16. The van der Waals surface area contributed by atoms with Crippen molar-refractivity contribution in [3.63, 3.8) is 0 Å². The Morgan fingerprint density at radius 2 is 1.80 bits per heavy atom. The highest BCUT2D eigenvalue weighted by molar-refractivity contribution is 6.11. The van der Waals surface area contributed by atoms with Gasteiger partial charge in [-0.05, 0) is 30.5 Å². The summed E-state index contributed by atoms with van der Waals surface area (Å²) in [5, 5.41) is 8.08. The van der Waals surface area contributed by atoms with Crippen molar-refractivity contribution >= 4 is 34.0 Å². The van der Waals surface area contributed by atoms with Crippen LogP contribution in [0.25, 0.3) is 10.9 Å². The van der Waals surface area contributed by atoms with Crippen molar-refractivity contribution in [3.05, 3.63) is 71.6 Å². The van der Waals surface area contributed by atoms with Crippen molar-refractivity contribution in [3.8, 4) is 0 Å². The lowest BCUT2D eigenvalue weighted by molar-refractivity contribution is -0.151. The molecule has 0 spiro atoms. The molecule has 0 amide bonds. The predicted octanol–water partition coefficient (Wildman–Crippen LogP) is 4.40. The second-order valence-electron chi connectivity index (χ2n) is 7.98. The number of H-pyrrole nitrogens is 1. The molecule has 2 heterocycles. The van der Waals surface area contributed by atoms with Crippen LogP contribution >= 0.6 is 0 Å². The molecule has 2 aliphatic rings. The van der Waals surface area contributed by atoms with Gasteiger partial charge < -0.3 is 20.4 Å². The van der Waals surface area contributed by atoms with Gasteiger partial charge in [-0.3, -0.25) is 9.59 Å². The zero-order chi connectivity index (χ0) is 20.8. The zero-order valence-corrected chi connectivity index (χ0v) is 16.9. The van der Waals surface area contributed by atoms with E-state index in [1.54, 1.807) is 0 Å². The molecule has 1 aromatic heterocycles. The van der Waals surface area contributed by atoms with Crippen LogP contribution in [0.1, 0.15) is 24.9 Å². The quantitative estimate of drug-likeness (QED) is 0.438. The van der Waals surface area contributed by atoms with E-state index in [2.05, 4.69) is 15.6 Å². The number of ether oxygens (including phenoxy) is 1. The van der Waals surface area contributed by atoms with Crippen LogP contribution in [0.4, 0.5) is 11.4 Å². The summed E-state index contributed by atoms with van der Waals surface area (Å²) in [7, 11) is 1.34. The molecule has 2 aromatic carbocycles. The number of rotatable bonds is 2. The monoisotopic (exact) mass is 401 g/mol. The Bertz CT molecular complexity index is 1190. The predicted molar refractivity (Wildman–Crippen MR) is 116 cm³/mol. The number of esters is 1. The lowest BCUT2D eigenvalue weighted by atomic mass is 9.75.